The first kappa shape index (κ1) is 11.3. The predicted octanol–water partition coefficient (Wildman–Crippen LogP) is 3.90. The van der Waals surface area contributed by atoms with E-state index in [9.17, 15) is 13.6 Å². The van der Waals surface area contributed by atoms with Gasteiger partial charge >= 0.3 is 0 Å². The van der Waals surface area contributed by atoms with Gasteiger partial charge in [0.15, 0.2) is 5.78 Å². The van der Waals surface area contributed by atoms with E-state index in [0.717, 1.165) is 0 Å². The van der Waals surface area contributed by atoms with Crippen LogP contribution in [0, 0.1) is 6.92 Å². The normalized spacial score (nSPS) is 10.7. The average molecular weight is 263 g/mol. The molecule has 1 nitrogen and oxygen atoms in total. The van der Waals surface area contributed by atoms with Crippen LogP contribution in [-0.4, -0.2) is 5.78 Å². The number of Topliss-reactive ketones (excluding diaryl/α,β-unsaturated/α-hetero) is 1. The SMILES string of the molecule is CC(=O)c1cc(Br)c(C(F)F)cc1C. The van der Waals surface area contributed by atoms with Crippen LogP contribution in [0.5, 0.6) is 0 Å². The maximum atomic E-state index is 12.4. The maximum absolute atomic E-state index is 12.4. The number of hydrogen-bond donors (Lipinski definition) is 0. The van der Waals surface area contributed by atoms with Gasteiger partial charge in [-0.25, -0.2) is 8.78 Å². The molecule has 76 valence electrons. The molecule has 1 aromatic carbocycles. The Morgan fingerprint density at radius 3 is 2.43 bits per heavy atom. The van der Waals surface area contributed by atoms with Crippen LogP contribution in [0.3, 0.4) is 0 Å². The van der Waals surface area contributed by atoms with Gasteiger partial charge in [0.25, 0.3) is 6.43 Å². The minimum atomic E-state index is -2.52. The second-order valence-electron chi connectivity index (χ2n) is 3.05. The van der Waals surface area contributed by atoms with Gasteiger partial charge in [-0.05, 0) is 31.5 Å². The van der Waals surface area contributed by atoms with Gasteiger partial charge in [-0.1, -0.05) is 15.9 Å². The van der Waals surface area contributed by atoms with E-state index < -0.39 is 6.43 Å². The van der Waals surface area contributed by atoms with Crippen molar-refractivity contribution >= 4 is 21.7 Å². The highest BCUT2D eigenvalue weighted by atomic mass is 79.9. The molecule has 0 amide bonds. The fourth-order valence-corrected chi connectivity index (χ4v) is 1.77. The molecule has 0 heterocycles. The first-order chi connectivity index (χ1) is 6.43. The van der Waals surface area contributed by atoms with Gasteiger partial charge in [-0.2, -0.15) is 0 Å². The van der Waals surface area contributed by atoms with Gasteiger partial charge < -0.3 is 0 Å². The summed E-state index contributed by atoms with van der Waals surface area (Å²) in [7, 11) is 0. The van der Waals surface area contributed by atoms with Gasteiger partial charge in [0.1, 0.15) is 0 Å². The lowest BCUT2D eigenvalue weighted by Gasteiger charge is -2.08. The van der Waals surface area contributed by atoms with Crippen molar-refractivity contribution in [3.63, 3.8) is 0 Å². The highest BCUT2D eigenvalue weighted by Gasteiger charge is 2.15. The molecule has 0 aromatic heterocycles. The third kappa shape index (κ3) is 2.18. The second-order valence-corrected chi connectivity index (χ2v) is 3.90. The Bertz CT molecular complexity index is 375. The molecule has 14 heavy (non-hydrogen) atoms. The van der Waals surface area contributed by atoms with Gasteiger partial charge in [-0.15, -0.1) is 0 Å². The second kappa shape index (κ2) is 4.17. The number of hydrogen-bond acceptors (Lipinski definition) is 1. The number of ketones is 1. The number of benzene rings is 1. The van der Waals surface area contributed by atoms with Gasteiger partial charge in [0.2, 0.25) is 0 Å². The largest absolute Gasteiger partial charge is 0.295 e. The third-order valence-corrected chi connectivity index (χ3v) is 2.64. The first-order valence-corrected chi connectivity index (χ1v) is 4.82. The molecule has 4 heteroatoms. The lowest BCUT2D eigenvalue weighted by Crippen LogP contribution is -1.99. The molecule has 0 aliphatic heterocycles. The Labute approximate surface area is 89.3 Å². The number of carbonyl (C=O) groups is 1. The van der Waals surface area contributed by atoms with Crippen LogP contribution in [0.2, 0.25) is 0 Å². The topological polar surface area (TPSA) is 17.1 Å². The molecule has 0 aliphatic carbocycles. The Kier molecular flexibility index (Phi) is 3.37. The van der Waals surface area contributed by atoms with Crippen molar-refractivity contribution in [1.29, 1.82) is 0 Å². The molecule has 0 saturated heterocycles. The van der Waals surface area contributed by atoms with E-state index in [2.05, 4.69) is 15.9 Å². The number of carbonyl (C=O) groups excluding carboxylic acids is 1. The van der Waals surface area contributed by atoms with Crippen LogP contribution in [-0.2, 0) is 0 Å². The molecule has 1 aromatic rings. The monoisotopic (exact) mass is 262 g/mol. The van der Waals surface area contributed by atoms with Crippen molar-refractivity contribution in [3.05, 3.63) is 33.3 Å². The summed E-state index contributed by atoms with van der Waals surface area (Å²) in [6.45, 7) is 3.06. The number of halogens is 3. The average Bonchev–Trinajstić information content (AvgIpc) is 2.07. The molecule has 1 rings (SSSR count). The van der Waals surface area contributed by atoms with Crippen LogP contribution >= 0.6 is 15.9 Å². The van der Waals surface area contributed by atoms with Gasteiger partial charge in [0, 0.05) is 15.6 Å². The van der Waals surface area contributed by atoms with E-state index in [1.807, 2.05) is 0 Å². The van der Waals surface area contributed by atoms with Crippen LogP contribution < -0.4 is 0 Å². The number of aryl methyl sites for hydroxylation is 1. The molecule has 0 radical (unpaired) electrons. The van der Waals surface area contributed by atoms with Crippen molar-refractivity contribution < 1.29 is 13.6 Å². The molecule has 0 N–H and O–H groups in total. The zero-order valence-electron chi connectivity index (χ0n) is 7.77. The molecule has 0 aliphatic rings. The summed E-state index contributed by atoms with van der Waals surface area (Å²) < 4.78 is 25.1. The van der Waals surface area contributed by atoms with Crippen LogP contribution in [0.25, 0.3) is 0 Å². The summed E-state index contributed by atoms with van der Waals surface area (Å²) in [5, 5.41) is 0. The highest BCUT2D eigenvalue weighted by Crippen LogP contribution is 2.30. The Balaban J connectivity index is 3.31. The summed E-state index contributed by atoms with van der Waals surface area (Å²) in [5.74, 6) is -0.121. The van der Waals surface area contributed by atoms with Crippen LogP contribution in [0.4, 0.5) is 8.78 Å². The van der Waals surface area contributed by atoms with Gasteiger partial charge in [-0.3, -0.25) is 4.79 Å². The number of alkyl halides is 2. The predicted molar refractivity (Wildman–Crippen MR) is 53.8 cm³/mol. The minimum Gasteiger partial charge on any atom is -0.295 e. The standard InChI is InChI=1S/C10H9BrF2O/c1-5-3-8(10(12)13)9(11)4-7(5)6(2)14/h3-4,10H,1-2H3. The van der Waals surface area contributed by atoms with Crippen molar-refractivity contribution in [1.82, 2.24) is 0 Å². The first-order valence-electron chi connectivity index (χ1n) is 4.02. The Hall–Kier alpha value is -0.770. The van der Waals surface area contributed by atoms with Crippen molar-refractivity contribution in [2.75, 3.05) is 0 Å². The summed E-state index contributed by atoms with van der Waals surface area (Å²) in [6, 6.07) is 2.78. The third-order valence-electron chi connectivity index (χ3n) is 1.96. The van der Waals surface area contributed by atoms with E-state index in [4.69, 9.17) is 0 Å². The minimum absolute atomic E-state index is 0.0764. The quantitative estimate of drug-likeness (QED) is 0.739. The summed E-state index contributed by atoms with van der Waals surface area (Å²) in [4.78, 5) is 11.1. The maximum Gasteiger partial charge on any atom is 0.264 e. The van der Waals surface area contributed by atoms with Crippen LogP contribution in [0.1, 0.15) is 34.8 Å². The fourth-order valence-electron chi connectivity index (χ4n) is 1.25. The zero-order chi connectivity index (χ0) is 10.9. The Morgan fingerprint density at radius 1 is 1.43 bits per heavy atom. The summed E-state index contributed by atoms with van der Waals surface area (Å²) in [5.41, 5.74) is 0.977. The zero-order valence-corrected chi connectivity index (χ0v) is 9.36. The van der Waals surface area contributed by atoms with E-state index in [-0.39, 0.29) is 15.8 Å². The molecule has 0 atom stereocenters. The molecule has 0 spiro atoms. The molecule has 0 unspecified atom stereocenters. The summed E-state index contributed by atoms with van der Waals surface area (Å²) in [6.07, 6.45) is -2.52. The van der Waals surface area contributed by atoms with Crippen molar-refractivity contribution in [2.24, 2.45) is 0 Å². The number of rotatable bonds is 2. The van der Waals surface area contributed by atoms with Crippen LogP contribution in [0.15, 0.2) is 16.6 Å². The van der Waals surface area contributed by atoms with E-state index >= 15 is 0 Å². The van der Waals surface area contributed by atoms with Crippen molar-refractivity contribution in [3.8, 4) is 0 Å². The molecular weight excluding hydrogens is 254 g/mol. The lowest BCUT2D eigenvalue weighted by atomic mass is 10.0. The van der Waals surface area contributed by atoms with Crippen molar-refractivity contribution in [2.45, 2.75) is 20.3 Å². The van der Waals surface area contributed by atoms with E-state index in [1.165, 1.54) is 19.1 Å². The Morgan fingerprint density at radius 2 is 2.00 bits per heavy atom. The molecule has 0 bridgehead atoms. The molecular formula is C10H9BrF2O. The molecule has 0 saturated carbocycles. The smallest absolute Gasteiger partial charge is 0.264 e. The van der Waals surface area contributed by atoms with E-state index in [0.29, 0.717) is 11.1 Å². The highest BCUT2D eigenvalue weighted by molar-refractivity contribution is 9.10. The fraction of sp³-hybridized carbons (Fsp3) is 0.300. The summed E-state index contributed by atoms with van der Waals surface area (Å²) >= 11 is 3.02. The molecule has 0 fully saturated rings. The van der Waals surface area contributed by atoms with Gasteiger partial charge in [0.05, 0.1) is 0 Å². The van der Waals surface area contributed by atoms with E-state index in [1.54, 1.807) is 6.92 Å². The lowest BCUT2D eigenvalue weighted by molar-refractivity contribution is 0.101.